The van der Waals surface area contributed by atoms with Gasteiger partial charge in [-0.05, 0) is 42.3 Å². The lowest BCUT2D eigenvalue weighted by atomic mass is 10.1. The van der Waals surface area contributed by atoms with Crippen LogP contribution in [-0.4, -0.2) is 20.7 Å². The van der Waals surface area contributed by atoms with Crippen LogP contribution in [0, 0.1) is 6.92 Å². The van der Waals surface area contributed by atoms with E-state index in [1.165, 1.54) is 12.5 Å². The van der Waals surface area contributed by atoms with Crippen LogP contribution in [0.5, 0.6) is 0 Å². The normalized spacial score (nSPS) is 10.6. The maximum absolute atomic E-state index is 11.5. The number of benzene rings is 2. The maximum Gasteiger partial charge on any atom is 0.221 e. The molecule has 2 aromatic heterocycles. The monoisotopic (exact) mass is 411 g/mol. The van der Waals surface area contributed by atoms with Gasteiger partial charge in [0.1, 0.15) is 0 Å². The molecule has 4 aromatic rings. The van der Waals surface area contributed by atoms with Gasteiger partial charge >= 0.3 is 0 Å². The SMILES string of the molecule is CC(=O)Nc1cc(NCc2cn(Cc3ccccc3)nc2-c2cccnc2)ccc1C. The van der Waals surface area contributed by atoms with E-state index in [0.29, 0.717) is 13.1 Å². The van der Waals surface area contributed by atoms with Crippen LogP contribution in [0.4, 0.5) is 11.4 Å². The predicted molar refractivity (Wildman–Crippen MR) is 124 cm³/mol. The fourth-order valence-corrected chi connectivity index (χ4v) is 3.44. The van der Waals surface area contributed by atoms with Crippen molar-refractivity contribution in [1.29, 1.82) is 0 Å². The Labute approximate surface area is 182 Å². The minimum Gasteiger partial charge on any atom is -0.381 e. The molecule has 31 heavy (non-hydrogen) atoms. The number of nitrogens with one attached hydrogen (secondary N) is 2. The number of carbonyl (C=O) groups is 1. The van der Waals surface area contributed by atoms with E-state index in [1.807, 2.05) is 66.3 Å². The van der Waals surface area contributed by atoms with Crippen LogP contribution < -0.4 is 10.6 Å². The average Bonchev–Trinajstić information content (AvgIpc) is 3.18. The van der Waals surface area contributed by atoms with Crippen molar-refractivity contribution in [3.8, 4) is 11.3 Å². The second kappa shape index (κ2) is 9.26. The summed E-state index contributed by atoms with van der Waals surface area (Å²) in [6, 6.07) is 20.2. The second-order valence-electron chi connectivity index (χ2n) is 7.49. The van der Waals surface area contributed by atoms with Crippen molar-refractivity contribution in [2.24, 2.45) is 0 Å². The van der Waals surface area contributed by atoms with Gasteiger partial charge in [0.25, 0.3) is 0 Å². The van der Waals surface area contributed by atoms with Gasteiger partial charge in [-0.2, -0.15) is 5.10 Å². The summed E-state index contributed by atoms with van der Waals surface area (Å²) in [6.07, 6.45) is 5.67. The number of nitrogens with zero attached hydrogens (tertiary/aromatic N) is 3. The van der Waals surface area contributed by atoms with Crippen molar-refractivity contribution in [3.05, 3.63) is 95.9 Å². The smallest absolute Gasteiger partial charge is 0.221 e. The molecular weight excluding hydrogens is 386 g/mol. The maximum atomic E-state index is 11.5. The van der Waals surface area contributed by atoms with Crippen molar-refractivity contribution in [1.82, 2.24) is 14.8 Å². The highest BCUT2D eigenvalue weighted by Gasteiger charge is 2.12. The van der Waals surface area contributed by atoms with E-state index in [-0.39, 0.29) is 5.91 Å². The summed E-state index contributed by atoms with van der Waals surface area (Å²) in [5, 5.41) is 11.2. The highest BCUT2D eigenvalue weighted by Crippen LogP contribution is 2.25. The van der Waals surface area contributed by atoms with E-state index in [4.69, 9.17) is 5.10 Å². The first-order valence-corrected chi connectivity index (χ1v) is 10.2. The number of aryl methyl sites for hydroxylation is 1. The molecule has 0 aliphatic rings. The molecule has 0 radical (unpaired) electrons. The van der Waals surface area contributed by atoms with Gasteiger partial charge in [-0.15, -0.1) is 0 Å². The lowest BCUT2D eigenvalue weighted by Crippen LogP contribution is -2.08. The van der Waals surface area contributed by atoms with Gasteiger partial charge in [0.05, 0.1) is 12.2 Å². The standard InChI is InChI=1S/C25H25N5O/c1-18-10-11-23(13-24(18)28-19(2)31)27-15-22-17-30(16-20-7-4-3-5-8-20)29-25(22)21-9-6-12-26-14-21/h3-14,17,27H,15-16H2,1-2H3,(H,28,31). The minimum atomic E-state index is -0.0821. The zero-order chi connectivity index (χ0) is 21.6. The van der Waals surface area contributed by atoms with Gasteiger partial charge in [0.15, 0.2) is 0 Å². The van der Waals surface area contributed by atoms with Gasteiger partial charge < -0.3 is 10.6 Å². The molecule has 6 nitrogen and oxygen atoms in total. The molecule has 0 aliphatic carbocycles. The Morgan fingerprint density at radius 2 is 1.90 bits per heavy atom. The summed E-state index contributed by atoms with van der Waals surface area (Å²) in [5.74, 6) is -0.0821. The van der Waals surface area contributed by atoms with Gasteiger partial charge in [-0.1, -0.05) is 36.4 Å². The number of hydrogen-bond donors (Lipinski definition) is 2. The summed E-state index contributed by atoms with van der Waals surface area (Å²) >= 11 is 0. The van der Waals surface area contributed by atoms with E-state index in [0.717, 1.165) is 33.8 Å². The molecule has 2 heterocycles. The van der Waals surface area contributed by atoms with Gasteiger partial charge in [-0.3, -0.25) is 14.5 Å². The molecule has 0 bridgehead atoms. The summed E-state index contributed by atoms with van der Waals surface area (Å²) in [4.78, 5) is 15.7. The van der Waals surface area contributed by atoms with Crippen molar-refractivity contribution >= 4 is 17.3 Å². The number of anilines is 2. The molecule has 6 heteroatoms. The van der Waals surface area contributed by atoms with Crippen LogP contribution >= 0.6 is 0 Å². The topological polar surface area (TPSA) is 71.8 Å². The van der Waals surface area contributed by atoms with Crippen LogP contribution in [0.2, 0.25) is 0 Å². The largest absolute Gasteiger partial charge is 0.381 e. The van der Waals surface area contributed by atoms with Crippen LogP contribution in [0.25, 0.3) is 11.3 Å². The summed E-state index contributed by atoms with van der Waals surface area (Å²) < 4.78 is 1.96. The zero-order valence-electron chi connectivity index (χ0n) is 17.7. The molecule has 0 unspecified atom stereocenters. The van der Waals surface area contributed by atoms with Crippen LogP contribution in [0.15, 0.2) is 79.3 Å². The van der Waals surface area contributed by atoms with E-state index >= 15 is 0 Å². The number of hydrogen-bond acceptors (Lipinski definition) is 4. The molecular formula is C25H25N5O. The van der Waals surface area contributed by atoms with Crippen LogP contribution in [-0.2, 0) is 17.9 Å². The quantitative estimate of drug-likeness (QED) is 0.455. The Bertz CT molecular complexity index is 1170. The third-order valence-electron chi connectivity index (χ3n) is 4.99. The molecule has 0 fully saturated rings. The average molecular weight is 412 g/mol. The zero-order valence-corrected chi connectivity index (χ0v) is 17.7. The predicted octanol–water partition coefficient (Wildman–Crippen LogP) is 4.87. The Hall–Kier alpha value is -3.93. The Morgan fingerprint density at radius 3 is 2.65 bits per heavy atom. The van der Waals surface area contributed by atoms with E-state index in [2.05, 4.69) is 33.9 Å². The highest BCUT2D eigenvalue weighted by molar-refractivity contribution is 5.90. The van der Waals surface area contributed by atoms with E-state index < -0.39 is 0 Å². The van der Waals surface area contributed by atoms with E-state index in [1.54, 1.807) is 6.20 Å². The molecule has 4 rings (SSSR count). The lowest BCUT2D eigenvalue weighted by Gasteiger charge is -2.11. The van der Waals surface area contributed by atoms with Crippen molar-refractivity contribution in [2.45, 2.75) is 26.9 Å². The van der Waals surface area contributed by atoms with Crippen molar-refractivity contribution in [2.75, 3.05) is 10.6 Å². The lowest BCUT2D eigenvalue weighted by molar-refractivity contribution is -0.114. The van der Waals surface area contributed by atoms with Gasteiger partial charge in [0.2, 0.25) is 5.91 Å². The Balaban J connectivity index is 1.59. The Kier molecular flexibility index (Phi) is 6.08. The summed E-state index contributed by atoms with van der Waals surface area (Å²) in [7, 11) is 0. The fraction of sp³-hybridized carbons (Fsp3) is 0.160. The van der Waals surface area contributed by atoms with Gasteiger partial charge in [-0.25, -0.2) is 0 Å². The van der Waals surface area contributed by atoms with Gasteiger partial charge in [0, 0.05) is 54.6 Å². The minimum absolute atomic E-state index is 0.0821. The number of carbonyl (C=O) groups excluding carboxylic acids is 1. The molecule has 2 aromatic carbocycles. The molecule has 0 saturated heterocycles. The molecule has 1 amide bonds. The third kappa shape index (κ3) is 5.17. The highest BCUT2D eigenvalue weighted by atomic mass is 16.1. The molecule has 0 aliphatic heterocycles. The van der Waals surface area contributed by atoms with E-state index in [9.17, 15) is 4.79 Å². The third-order valence-corrected chi connectivity index (χ3v) is 4.99. The van der Waals surface area contributed by atoms with Crippen LogP contribution in [0.3, 0.4) is 0 Å². The number of amides is 1. The van der Waals surface area contributed by atoms with Crippen LogP contribution in [0.1, 0.15) is 23.6 Å². The number of aromatic nitrogens is 3. The number of rotatable bonds is 7. The first kappa shape index (κ1) is 20.3. The number of pyridine rings is 1. The molecule has 0 atom stereocenters. The van der Waals surface area contributed by atoms with Crippen molar-refractivity contribution < 1.29 is 4.79 Å². The first-order valence-electron chi connectivity index (χ1n) is 10.2. The first-order chi connectivity index (χ1) is 15.1. The molecule has 2 N–H and O–H groups in total. The van der Waals surface area contributed by atoms with Crippen molar-refractivity contribution in [3.63, 3.8) is 0 Å². The summed E-state index contributed by atoms with van der Waals surface area (Å²) in [5.41, 5.74) is 6.92. The fourth-order valence-electron chi connectivity index (χ4n) is 3.44. The molecule has 0 saturated carbocycles. The molecule has 0 spiro atoms. The second-order valence-corrected chi connectivity index (χ2v) is 7.49. The molecule has 156 valence electrons. The summed E-state index contributed by atoms with van der Waals surface area (Å²) in [6.45, 7) is 4.79. The Morgan fingerprint density at radius 1 is 1.06 bits per heavy atom.